The Morgan fingerprint density at radius 1 is 0.895 bits per heavy atom. The minimum atomic E-state index is -0.711. The molecule has 0 saturated carbocycles. The fourth-order valence-electron chi connectivity index (χ4n) is 5.01. The summed E-state index contributed by atoms with van der Waals surface area (Å²) in [6, 6.07) is 19.1. The maximum absolute atomic E-state index is 13.8. The van der Waals surface area contributed by atoms with Crippen LogP contribution in [0.3, 0.4) is 0 Å². The van der Waals surface area contributed by atoms with Gasteiger partial charge in [0.15, 0.2) is 0 Å². The summed E-state index contributed by atoms with van der Waals surface area (Å²) in [5.41, 5.74) is 4.60. The largest absolute Gasteiger partial charge is 0.422 e. The number of para-hydroxylation sites is 2. The molecule has 8 heteroatoms. The molecule has 0 radical (unpaired) electrons. The average Bonchev–Trinajstić information content (AvgIpc) is 3.21. The molecule has 2 amide bonds. The predicted octanol–water partition coefficient (Wildman–Crippen LogP) is 4.19. The Morgan fingerprint density at radius 3 is 2.08 bits per heavy atom. The number of ether oxygens (including phenoxy) is 1. The van der Waals surface area contributed by atoms with Crippen LogP contribution < -0.4 is 9.30 Å². The van der Waals surface area contributed by atoms with Gasteiger partial charge in [0.25, 0.3) is 11.8 Å². The van der Waals surface area contributed by atoms with E-state index in [1.165, 1.54) is 0 Å². The number of carbonyl (C=O) groups is 4. The number of benzene rings is 3. The molecular formula is C30H27N2O6+. The van der Waals surface area contributed by atoms with Gasteiger partial charge < -0.3 is 9.57 Å². The number of aryl methyl sites for hydroxylation is 4. The number of esters is 1. The highest BCUT2D eigenvalue weighted by molar-refractivity contribution is 6.13. The molecule has 1 saturated heterocycles. The maximum atomic E-state index is 13.8. The van der Waals surface area contributed by atoms with Crippen molar-refractivity contribution in [3.8, 4) is 5.75 Å². The molecule has 1 aromatic heterocycles. The Balaban J connectivity index is 1.46. The number of hydrogen-bond acceptors (Lipinski definition) is 6. The Labute approximate surface area is 219 Å². The number of aromatic nitrogens is 1. The maximum Gasteiger partial charge on any atom is 0.345 e. The minimum absolute atomic E-state index is 0.0319. The molecule has 5 rings (SSSR count). The van der Waals surface area contributed by atoms with Crippen LogP contribution in [0.25, 0.3) is 21.8 Å². The van der Waals surface area contributed by atoms with Crippen molar-refractivity contribution < 1.29 is 33.3 Å². The van der Waals surface area contributed by atoms with E-state index in [9.17, 15) is 19.2 Å². The lowest BCUT2D eigenvalue weighted by molar-refractivity contribution is -0.617. The number of rotatable bonds is 6. The predicted molar refractivity (Wildman–Crippen MR) is 139 cm³/mol. The second-order valence-electron chi connectivity index (χ2n) is 9.47. The molecule has 1 aliphatic heterocycles. The first-order valence-corrected chi connectivity index (χ1v) is 12.4. The summed E-state index contributed by atoms with van der Waals surface area (Å²) in [5, 5.41) is 2.08. The molecule has 3 aromatic carbocycles. The van der Waals surface area contributed by atoms with Crippen molar-refractivity contribution in [3.63, 3.8) is 0 Å². The third-order valence-electron chi connectivity index (χ3n) is 6.76. The van der Waals surface area contributed by atoms with Gasteiger partial charge in [0, 0.05) is 25.0 Å². The van der Waals surface area contributed by atoms with E-state index >= 15 is 0 Å². The zero-order valence-electron chi connectivity index (χ0n) is 21.4. The van der Waals surface area contributed by atoms with Crippen molar-refractivity contribution >= 4 is 45.6 Å². The molecule has 0 bridgehead atoms. The average molecular weight is 512 g/mol. The van der Waals surface area contributed by atoms with Crippen molar-refractivity contribution in [1.29, 1.82) is 0 Å². The monoisotopic (exact) mass is 511 g/mol. The SMILES string of the molecule is Cc1cc(C)c(OC(=O)c2c3ccccc3[n+](C)c3ccccc23)c(CCC(=O)ON2C(=O)CCC2=O)c1. The van der Waals surface area contributed by atoms with E-state index < -0.39 is 23.8 Å². The van der Waals surface area contributed by atoms with Crippen LogP contribution in [0.15, 0.2) is 60.7 Å². The first-order chi connectivity index (χ1) is 18.2. The number of fused-ring (bicyclic) bond motifs is 2. The Kier molecular flexibility index (Phi) is 6.63. The number of amides is 2. The molecule has 4 aromatic rings. The van der Waals surface area contributed by atoms with Gasteiger partial charge in [-0.25, -0.2) is 9.59 Å². The van der Waals surface area contributed by atoms with Gasteiger partial charge in [-0.15, -0.1) is 5.06 Å². The smallest absolute Gasteiger partial charge is 0.345 e. The molecule has 0 unspecified atom stereocenters. The standard InChI is InChI=1S/C30H27N2O6/c1-18-16-19(2)29(20(17-18)12-15-27(35)38-32-25(33)13-14-26(32)34)37-30(36)28-21-8-4-6-10-23(21)31(3)24-11-7-5-9-22(24)28/h4-11,16-17H,12-15H2,1-3H3/q+1. The molecule has 0 atom stereocenters. The number of hydrogen-bond donors (Lipinski definition) is 0. The summed E-state index contributed by atoms with van der Waals surface area (Å²) in [7, 11) is 1.96. The van der Waals surface area contributed by atoms with Crippen LogP contribution in [0, 0.1) is 13.8 Å². The number of nitrogens with zero attached hydrogens (tertiary/aromatic N) is 2. The zero-order chi connectivity index (χ0) is 27.0. The Hall–Kier alpha value is -4.59. The highest BCUT2D eigenvalue weighted by Crippen LogP contribution is 2.31. The fourth-order valence-corrected chi connectivity index (χ4v) is 5.01. The van der Waals surface area contributed by atoms with Crippen LogP contribution in [0.2, 0.25) is 0 Å². The van der Waals surface area contributed by atoms with E-state index in [0.29, 0.717) is 21.9 Å². The Morgan fingerprint density at radius 2 is 1.47 bits per heavy atom. The summed E-state index contributed by atoms with van der Waals surface area (Å²) < 4.78 is 8.10. The van der Waals surface area contributed by atoms with Crippen LogP contribution in [-0.4, -0.2) is 28.8 Å². The van der Waals surface area contributed by atoms with Crippen LogP contribution in [0.4, 0.5) is 0 Å². The van der Waals surface area contributed by atoms with Crippen molar-refractivity contribution in [1.82, 2.24) is 5.06 Å². The molecule has 8 nitrogen and oxygen atoms in total. The van der Waals surface area contributed by atoms with E-state index in [1.54, 1.807) is 0 Å². The number of imide groups is 1. The summed E-state index contributed by atoms with van der Waals surface area (Å²) in [6.07, 6.45) is 0.164. The molecule has 2 heterocycles. The summed E-state index contributed by atoms with van der Waals surface area (Å²) in [5.74, 6) is -1.89. The first-order valence-electron chi connectivity index (χ1n) is 12.4. The number of carbonyl (C=O) groups excluding carboxylic acids is 4. The molecular weight excluding hydrogens is 484 g/mol. The van der Waals surface area contributed by atoms with Crippen LogP contribution in [-0.2, 0) is 32.7 Å². The summed E-state index contributed by atoms with van der Waals surface area (Å²) in [6.45, 7) is 3.76. The van der Waals surface area contributed by atoms with Gasteiger partial charge in [-0.2, -0.15) is 4.57 Å². The summed E-state index contributed by atoms with van der Waals surface area (Å²) in [4.78, 5) is 54.8. The van der Waals surface area contributed by atoms with Crippen molar-refractivity contribution in [2.24, 2.45) is 7.05 Å². The second kappa shape index (κ2) is 10.0. The van der Waals surface area contributed by atoms with Crippen LogP contribution >= 0.6 is 0 Å². The molecule has 0 N–H and O–H groups in total. The van der Waals surface area contributed by atoms with Gasteiger partial charge in [-0.3, -0.25) is 9.59 Å². The van der Waals surface area contributed by atoms with Crippen molar-refractivity contribution in [2.75, 3.05) is 0 Å². The lowest BCUT2D eigenvalue weighted by Crippen LogP contribution is -2.32. The third kappa shape index (κ3) is 4.61. The van der Waals surface area contributed by atoms with Crippen molar-refractivity contribution in [3.05, 3.63) is 82.9 Å². The van der Waals surface area contributed by atoms with Crippen molar-refractivity contribution in [2.45, 2.75) is 39.5 Å². The number of pyridine rings is 1. The van der Waals surface area contributed by atoms with Gasteiger partial charge in [0.2, 0.25) is 11.0 Å². The summed E-state index contributed by atoms with van der Waals surface area (Å²) >= 11 is 0. The second-order valence-corrected chi connectivity index (χ2v) is 9.47. The molecule has 0 aliphatic carbocycles. The van der Waals surface area contributed by atoms with Gasteiger partial charge in [0.05, 0.1) is 22.8 Å². The lowest BCUT2D eigenvalue weighted by atomic mass is 10.0. The highest BCUT2D eigenvalue weighted by Gasteiger charge is 2.33. The topological polar surface area (TPSA) is 93.9 Å². The van der Waals surface area contributed by atoms with Gasteiger partial charge >= 0.3 is 11.9 Å². The van der Waals surface area contributed by atoms with E-state index in [4.69, 9.17) is 9.57 Å². The zero-order valence-corrected chi connectivity index (χ0v) is 21.4. The van der Waals surface area contributed by atoms with Crippen LogP contribution in [0.5, 0.6) is 5.75 Å². The van der Waals surface area contributed by atoms with E-state index in [1.807, 2.05) is 86.1 Å². The fraction of sp³-hybridized carbons (Fsp3) is 0.233. The normalized spacial score (nSPS) is 13.4. The van der Waals surface area contributed by atoms with Gasteiger partial charge in [-0.05, 0) is 43.5 Å². The Bertz CT molecular complexity index is 1570. The van der Waals surface area contributed by atoms with E-state index in [-0.39, 0.29) is 25.7 Å². The first kappa shape index (κ1) is 25.1. The minimum Gasteiger partial charge on any atom is -0.422 e. The van der Waals surface area contributed by atoms with Gasteiger partial charge in [0.1, 0.15) is 12.8 Å². The molecule has 38 heavy (non-hydrogen) atoms. The number of hydroxylamine groups is 2. The van der Waals surface area contributed by atoms with Gasteiger partial charge in [-0.1, -0.05) is 42.0 Å². The van der Waals surface area contributed by atoms with E-state index in [0.717, 1.165) is 32.9 Å². The highest BCUT2D eigenvalue weighted by atomic mass is 16.7. The molecule has 192 valence electrons. The lowest BCUT2D eigenvalue weighted by Gasteiger charge is -2.16. The van der Waals surface area contributed by atoms with Crippen LogP contribution in [0.1, 0.15) is 46.3 Å². The quantitative estimate of drug-likeness (QED) is 0.127. The molecule has 0 spiro atoms. The molecule has 1 aliphatic rings. The van der Waals surface area contributed by atoms with E-state index in [2.05, 4.69) is 0 Å². The third-order valence-corrected chi connectivity index (χ3v) is 6.76. The molecule has 1 fully saturated rings.